The fourth-order valence-electron chi connectivity index (χ4n) is 2.54. The Morgan fingerprint density at radius 3 is 2.24 bits per heavy atom. The first-order chi connectivity index (χ1) is 13.9. The number of nitrogens with zero attached hydrogens (tertiary/aromatic N) is 1. The minimum atomic E-state index is -0.352. The summed E-state index contributed by atoms with van der Waals surface area (Å²) < 4.78 is 15.9. The number of nitrogens with one attached hydrogen (secondary N) is 1. The predicted molar refractivity (Wildman–Crippen MR) is 113 cm³/mol. The summed E-state index contributed by atoms with van der Waals surface area (Å²) in [7, 11) is 6.08. The maximum atomic E-state index is 12.3. The number of carbonyl (C=O) groups is 2. The molecule has 2 aromatic rings. The van der Waals surface area contributed by atoms with Gasteiger partial charge in [0.25, 0.3) is 0 Å². The maximum absolute atomic E-state index is 12.3. The first-order valence-corrected chi connectivity index (χ1v) is 9.05. The molecule has 0 atom stereocenters. The molecule has 0 heterocycles. The molecule has 0 aliphatic rings. The van der Waals surface area contributed by atoms with Crippen LogP contribution >= 0.6 is 11.6 Å². The van der Waals surface area contributed by atoms with E-state index in [0.717, 1.165) is 0 Å². The van der Waals surface area contributed by atoms with E-state index in [0.29, 0.717) is 33.5 Å². The highest BCUT2D eigenvalue weighted by molar-refractivity contribution is 6.33. The summed E-state index contributed by atoms with van der Waals surface area (Å²) in [6.45, 7) is -0.121. The standard InChI is InChI=1S/C21H23ClN2O5/c1-24(13-19(25)23-16-8-6-5-7-15(16)22)20(26)10-9-14-11-17(27-2)21(29-4)18(12-14)28-3/h5-12H,13H2,1-4H3,(H,23,25)/b10-9+. The highest BCUT2D eigenvalue weighted by atomic mass is 35.5. The zero-order valence-electron chi connectivity index (χ0n) is 16.7. The molecule has 2 aromatic carbocycles. The molecule has 0 aliphatic heterocycles. The second-order valence-corrected chi connectivity index (χ2v) is 6.42. The molecular formula is C21H23ClN2O5. The van der Waals surface area contributed by atoms with Crippen molar-refractivity contribution >= 4 is 35.2 Å². The number of halogens is 1. The fraction of sp³-hybridized carbons (Fsp3) is 0.238. The van der Waals surface area contributed by atoms with E-state index >= 15 is 0 Å². The number of benzene rings is 2. The Kier molecular flexibility index (Phi) is 7.91. The molecule has 0 saturated heterocycles. The van der Waals surface area contributed by atoms with Crippen LogP contribution in [0.3, 0.4) is 0 Å². The molecule has 0 bridgehead atoms. The van der Waals surface area contributed by atoms with Gasteiger partial charge < -0.3 is 24.4 Å². The zero-order chi connectivity index (χ0) is 21.4. The van der Waals surface area contributed by atoms with Gasteiger partial charge in [-0.3, -0.25) is 9.59 Å². The van der Waals surface area contributed by atoms with Gasteiger partial charge in [-0.25, -0.2) is 0 Å². The summed E-state index contributed by atoms with van der Waals surface area (Å²) >= 11 is 6.02. The molecule has 0 unspecified atom stereocenters. The molecule has 0 fully saturated rings. The van der Waals surface area contributed by atoms with Gasteiger partial charge in [-0.1, -0.05) is 23.7 Å². The number of ether oxygens (including phenoxy) is 3. The predicted octanol–water partition coefficient (Wildman–Crippen LogP) is 3.48. The van der Waals surface area contributed by atoms with E-state index in [1.54, 1.807) is 42.5 Å². The lowest BCUT2D eigenvalue weighted by Crippen LogP contribution is -2.33. The van der Waals surface area contributed by atoms with E-state index < -0.39 is 0 Å². The van der Waals surface area contributed by atoms with Crippen LogP contribution in [0.25, 0.3) is 6.08 Å². The van der Waals surface area contributed by atoms with E-state index in [1.165, 1.54) is 39.4 Å². The average Bonchev–Trinajstić information content (AvgIpc) is 2.72. The Bertz CT molecular complexity index is 889. The lowest BCUT2D eigenvalue weighted by atomic mass is 10.1. The van der Waals surface area contributed by atoms with Crippen molar-refractivity contribution in [2.75, 3.05) is 40.2 Å². The normalized spacial score (nSPS) is 10.5. The van der Waals surface area contributed by atoms with E-state index in [-0.39, 0.29) is 18.4 Å². The largest absolute Gasteiger partial charge is 0.493 e. The Morgan fingerprint density at radius 2 is 1.69 bits per heavy atom. The summed E-state index contributed by atoms with van der Waals surface area (Å²) in [5, 5.41) is 3.10. The molecule has 2 rings (SSSR count). The van der Waals surface area contributed by atoms with Crippen molar-refractivity contribution < 1.29 is 23.8 Å². The Hall–Kier alpha value is -3.19. The Labute approximate surface area is 174 Å². The van der Waals surface area contributed by atoms with Gasteiger partial charge in [0, 0.05) is 13.1 Å². The molecule has 0 spiro atoms. The molecule has 0 aromatic heterocycles. The molecule has 2 amide bonds. The molecule has 29 heavy (non-hydrogen) atoms. The van der Waals surface area contributed by atoms with Gasteiger partial charge in [0.2, 0.25) is 17.6 Å². The number of hydrogen-bond acceptors (Lipinski definition) is 5. The molecular weight excluding hydrogens is 396 g/mol. The zero-order valence-corrected chi connectivity index (χ0v) is 17.4. The minimum Gasteiger partial charge on any atom is -0.493 e. The topological polar surface area (TPSA) is 77.1 Å². The van der Waals surface area contributed by atoms with Gasteiger partial charge in [-0.15, -0.1) is 0 Å². The van der Waals surface area contributed by atoms with Crippen molar-refractivity contribution in [2.45, 2.75) is 0 Å². The van der Waals surface area contributed by atoms with Crippen LogP contribution in [0.2, 0.25) is 5.02 Å². The fourth-order valence-corrected chi connectivity index (χ4v) is 2.72. The van der Waals surface area contributed by atoms with Gasteiger partial charge in [-0.2, -0.15) is 0 Å². The quantitative estimate of drug-likeness (QED) is 0.664. The Morgan fingerprint density at radius 1 is 1.07 bits per heavy atom. The molecule has 0 saturated carbocycles. The SMILES string of the molecule is COc1cc(/C=C/C(=O)N(C)CC(=O)Nc2ccccc2Cl)cc(OC)c1OC. The van der Waals surface area contributed by atoms with Crippen molar-refractivity contribution in [1.29, 1.82) is 0 Å². The minimum absolute atomic E-state index is 0.121. The highest BCUT2D eigenvalue weighted by Crippen LogP contribution is 2.38. The molecule has 0 aliphatic carbocycles. The highest BCUT2D eigenvalue weighted by Gasteiger charge is 2.14. The summed E-state index contributed by atoms with van der Waals surface area (Å²) in [6.07, 6.45) is 2.97. The molecule has 0 radical (unpaired) electrons. The van der Waals surface area contributed by atoms with Crippen LogP contribution in [0, 0.1) is 0 Å². The van der Waals surface area contributed by atoms with Gasteiger partial charge in [0.1, 0.15) is 0 Å². The van der Waals surface area contributed by atoms with Crippen molar-refractivity contribution in [3.05, 3.63) is 53.1 Å². The summed E-state index contributed by atoms with van der Waals surface area (Å²) in [4.78, 5) is 25.8. The molecule has 1 N–H and O–H groups in total. The molecule has 8 heteroatoms. The first-order valence-electron chi connectivity index (χ1n) is 8.67. The van der Waals surface area contributed by atoms with E-state index in [4.69, 9.17) is 25.8 Å². The van der Waals surface area contributed by atoms with Crippen molar-refractivity contribution in [1.82, 2.24) is 4.90 Å². The first kappa shape index (κ1) is 22.1. The third-order valence-corrected chi connectivity index (χ3v) is 4.34. The van der Waals surface area contributed by atoms with Crippen LogP contribution in [-0.4, -0.2) is 51.6 Å². The number of anilines is 1. The van der Waals surface area contributed by atoms with Crippen molar-refractivity contribution in [3.63, 3.8) is 0 Å². The summed E-state index contributed by atoms with van der Waals surface area (Å²) in [5.41, 5.74) is 1.18. The maximum Gasteiger partial charge on any atom is 0.246 e. The molecule has 7 nitrogen and oxygen atoms in total. The summed E-state index contributed by atoms with van der Waals surface area (Å²) in [5.74, 6) is 0.730. The van der Waals surface area contributed by atoms with E-state index in [9.17, 15) is 9.59 Å². The van der Waals surface area contributed by atoms with Gasteiger partial charge in [0.05, 0.1) is 38.6 Å². The van der Waals surface area contributed by atoms with Gasteiger partial charge >= 0.3 is 0 Å². The van der Waals surface area contributed by atoms with E-state index in [2.05, 4.69) is 5.32 Å². The summed E-state index contributed by atoms with van der Waals surface area (Å²) in [6, 6.07) is 10.3. The van der Waals surface area contributed by atoms with Crippen LogP contribution in [0.4, 0.5) is 5.69 Å². The number of likely N-dealkylation sites (N-methyl/N-ethyl adjacent to an activating group) is 1. The number of carbonyl (C=O) groups excluding carboxylic acids is 2. The van der Waals surface area contributed by atoms with Crippen LogP contribution in [0.1, 0.15) is 5.56 Å². The number of hydrogen-bond donors (Lipinski definition) is 1. The van der Waals surface area contributed by atoms with Gasteiger partial charge in [-0.05, 0) is 35.9 Å². The number of para-hydroxylation sites is 1. The molecule has 154 valence electrons. The average molecular weight is 419 g/mol. The van der Waals surface area contributed by atoms with Crippen LogP contribution < -0.4 is 19.5 Å². The van der Waals surface area contributed by atoms with Crippen LogP contribution in [0.15, 0.2) is 42.5 Å². The number of rotatable bonds is 8. The smallest absolute Gasteiger partial charge is 0.246 e. The van der Waals surface area contributed by atoms with Gasteiger partial charge in [0.15, 0.2) is 11.5 Å². The number of amides is 2. The van der Waals surface area contributed by atoms with Crippen LogP contribution in [-0.2, 0) is 9.59 Å². The second kappa shape index (κ2) is 10.4. The Balaban J connectivity index is 2.04. The number of methoxy groups -OCH3 is 3. The van der Waals surface area contributed by atoms with E-state index in [1.807, 2.05) is 0 Å². The third-order valence-electron chi connectivity index (χ3n) is 4.01. The monoisotopic (exact) mass is 418 g/mol. The van der Waals surface area contributed by atoms with Crippen molar-refractivity contribution in [2.24, 2.45) is 0 Å². The lowest BCUT2D eigenvalue weighted by Gasteiger charge is -2.15. The van der Waals surface area contributed by atoms with Crippen LogP contribution in [0.5, 0.6) is 17.2 Å². The second-order valence-electron chi connectivity index (χ2n) is 6.01. The lowest BCUT2D eigenvalue weighted by molar-refractivity contribution is -0.129. The van der Waals surface area contributed by atoms with Crippen molar-refractivity contribution in [3.8, 4) is 17.2 Å². The third kappa shape index (κ3) is 5.89.